The second-order valence-electron chi connectivity index (χ2n) is 6.25. The number of amides is 1. The number of likely N-dealkylation sites (N-methyl/N-ethyl adjacent to an activating group) is 1. The predicted octanol–water partition coefficient (Wildman–Crippen LogP) is 3.92. The third-order valence-corrected chi connectivity index (χ3v) is 3.74. The minimum absolute atomic E-state index is 0.0105. The van der Waals surface area contributed by atoms with Gasteiger partial charge in [0.05, 0.1) is 11.8 Å². The fourth-order valence-corrected chi connectivity index (χ4v) is 2.94. The average Bonchev–Trinajstić information content (AvgIpc) is 2.52. The number of alkyl halides is 1. The van der Waals surface area contributed by atoms with Crippen molar-refractivity contribution in [2.24, 2.45) is 5.41 Å². The van der Waals surface area contributed by atoms with E-state index in [1.54, 1.807) is 4.90 Å². The van der Waals surface area contributed by atoms with Crippen LogP contribution in [0.15, 0.2) is 18.2 Å². The Kier molecular flexibility index (Phi) is 3.41. The molecule has 1 unspecified atom stereocenters. The van der Waals surface area contributed by atoms with Crippen molar-refractivity contribution in [3.63, 3.8) is 0 Å². The number of fused-ring (bicyclic) bond motifs is 1. The van der Waals surface area contributed by atoms with Crippen molar-refractivity contribution in [1.82, 2.24) is 0 Å². The quantitative estimate of drug-likeness (QED) is 0.742. The summed E-state index contributed by atoms with van der Waals surface area (Å²) in [5.74, 6) is 0.157. The van der Waals surface area contributed by atoms with Crippen molar-refractivity contribution in [1.29, 1.82) is 0 Å². The molecule has 1 aromatic rings. The molecule has 0 N–H and O–H groups in total. The number of carbonyl (C=O) groups is 1. The summed E-state index contributed by atoms with van der Waals surface area (Å²) in [6.45, 7) is 6.56. The fourth-order valence-electron chi connectivity index (χ4n) is 2.34. The standard InChI is InChI=1S/C15H20ClNO/c1-15(2,3)9-12(16)10-5-6-13-11(7-10)8-14(18)17(13)4/h5-7,12H,8-9H2,1-4H3. The highest BCUT2D eigenvalue weighted by atomic mass is 35.5. The minimum Gasteiger partial charge on any atom is -0.315 e. The van der Waals surface area contributed by atoms with Crippen LogP contribution in [0.2, 0.25) is 0 Å². The molecule has 0 aromatic heterocycles. The zero-order valence-corrected chi connectivity index (χ0v) is 12.2. The number of carbonyl (C=O) groups excluding carboxylic acids is 1. The normalized spacial score (nSPS) is 16.9. The van der Waals surface area contributed by atoms with Gasteiger partial charge in [0.1, 0.15) is 0 Å². The van der Waals surface area contributed by atoms with Gasteiger partial charge in [-0.2, -0.15) is 0 Å². The second kappa shape index (κ2) is 4.58. The van der Waals surface area contributed by atoms with E-state index in [-0.39, 0.29) is 16.7 Å². The van der Waals surface area contributed by atoms with Gasteiger partial charge in [0.2, 0.25) is 5.91 Å². The first-order valence-corrected chi connectivity index (χ1v) is 6.75. The van der Waals surface area contributed by atoms with Gasteiger partial charge in [-0.25, -0.2) is 0 Å². The van der Waals surface area contributed by atoms with Crippen molar-refractivity contribution in [2.75, 3.05) is 11.9 Å². The molecule has 0 fully saturated rings. The summed E-state index contributed by atoms with van der Waals surface area (Å²) in [6, 6.07) is 6.13. The third kappa shape index (κ3) is 2.69. The van der Waals surface area contributed by atoms with Crippen molar-refractivity contribution < 1.29 is 4.79 Å². The van der Waals surface area contributed by atoms with E-state index in [4.69, 9.17) is 11.6 Å². The smallest absolute Gasteiger partial charge is 0.231 e. The number of hydrogen-bond acceptors (Lipinski definition) is 1. The number of rotatable bonds is 2. The van der Waals surface area contributed by atoms with Crippen LogP contribution in [0.25, 0.3) is 0 Å². The molecule has 0 radical (unpaired) electrons. The molecule has 0 spiro atoms. The lowest BCUT2D eigenvalue weighted by Crippen LogP contribution is -2.20. The maximum atomic E-state index is 11.6. The van der Waals surface area contributed by atoms with Crippen LogP contribution in [0, 0.1) is 5.41 Å². The summed E-state index contributed by atoms with van der Waals surface area (Å²) < 4.78 is 0. The summed E-state index contributed by atoms with van der Waals surface area (Å²) in [5, 5.41) is 0.0105. The molecule has 98 valence electrons. The Balaban J connectivity index is 2.23. The van der Waals surface area contributed by atoms with Crippen molar-refractivity contribution in [3.8, 4) is 0 Å². The van der Waals surface area contributed by atoms with Gasteiger partial charge in [0, 0.05) is 12.7 Å². The molecular weight excluding hydrogens is 246 g/mol. The van der Waals surface area contributed by atoms with Crippen LogP contribution in [0.3, 0.4) is 0 Å². The van der Waals surface area contributed by atoms with Crippen LogP contribution in [-0.2, 0) is 11.2 Å². The molecule has 0 saturated heterocycles. The molecule has 1 atom stereocenters. The Labute approximate surface area is 114 Å². The molecule has 1 aliphatic rings. The number of nitrogens with zero attached hydrogens (tertiary/aromatic N) is 1. The largest absolute Gasteiger partial charge is 0.315 e. The maximum Gasteiger partial charge on any atom is 0.231 e. The topological polar surface area (TPSA) is 20.3 Å². The van der Waals surface area contributed by atoms with Crippen LogP contribution in [0.5, 0.6) is 0 Å². The number of halogens is 1. The molecule has 1 aromatic carbocycles. The first-order chi connectivity index (χ1) is 8.28. The Hall–Kier alpha value is -1.02. The number of anilines is 1. The van der Waals surface area contributed by atoms with Gasteiger partial charge in [-0.3, -0.25) is 4.79 Å². The van der Waals surface area contributed by atoms with Gasteiger partial charge < -0.3 is 4.90 Å². The molecule has 0 bridgehead atoms. The van der Waals surface area contributed by atoms with Crippen LogP contribution < -0.4 is 4.90 Å². The molecule has 2 nitrogen and oxygen atoms in total. The lowest BCUT2D eigenvalue weighted by atomic mass is 9.88. The van der Waals surface area contributed by atoms with E-state index in [0.717, 1.165) is 23.2 Å². The van der Waals surface area contributed by atoms with E-state index >= 15 is 0 Å². The summed E-state index contributed by atoms with van der Waals surface area (Å²) in [6.07, 6.45) is 1.43. The van der Waals surface area contributed by atoms with E-state index in [0.29, 0.717) is 6.42 Å². The molecule has 2 rings (SSSR count). The zero-order chi connectivity index (χ0) is 13.5. The highest BCUT2D eigenvalue weighted by Crippen LogP contribution is 2.37. The van der Waals surface area contributed by atoms with E-state index in [9.17, 15) is 4.79 Å². The van der Waals surface area contributed by atoms with E-state index in [1.165, 1.54) is 0 Å². The molecule has 1 heterocycles. The first kappa shape index (κ1) is 13.4. The lowest BCUT2D eigenvalue weighted by molar-refractivity contribution is -0.117. The van der Waals surface area contributed by atoms with Crippen molar-refractivity contribution >= 4 is 23.2 Å². The van der Waals surface area contributed by atoms with E-state index in [1.807, 2.05) is 19.2 Å². The number of benzene rings is 1. The van der Waals surface area contributed by atoms with Gasteiger partial charge >= 0.3 is 0 Å². The minimum atomic E-state index is 0.0105. The zero-order valence-electron chi connectivity index (χ0n) is 11.5. The fraction of sp³-hybridized carbons (Fsp3) is 0.533. The Morgan fingerprint density at radius 3 is 2.67 bits per heavy atom. The summed E-state index contributed by atoms with van der Waals surface area (Å²) >= 11 is 6.47. The monoisotopic (exact) mass is 265 g/mol. The van der Waals surface area contributed by atoms with Crippen molar-refractivity contribution in [3.05, 3.63) is 29.3 Å². The first-order valence-electron chi connectivity index (χ1n) is 6.31. The Morgan fingerprint density at radius 1 is 1.39 bits per heavy atom. The van der Waals surface area contributed by atoms with Gasteiger partial charge in [0.15, 0.2) is 0 Å². The summed E-state index contributed by atoms with van der Waals surface area (Å²) in [5.41, 5.74) is 3.44. The Bertz CT molecular complexity index is 476. The van der Waals surface area contributed by atoms with Gasteiger partial charge in [-0.1, -0.05) is 32.9 Å². The SMILES string of the molecule is CN1C(=O)Cc2cc(C(Cl)CC(C)(C)C)ccc21. The maximum absolute atomic E-state index is 11.6. The van der Waals surface area contributed by atoms with Crippen molar-refractivity contribution in [2.45, 2.75) is 39.0 Å². The van der Waals surface area contributed by atoms with Gasteiger partial charge in [-0.05, 0) is 29.0 Å². The van der Waals surface area contributed by atoms with E-state index < -0.39 is 0 Å². The van der Waals surface area contributed by atoms with Crippen LogP contribution in [-0.4, -0.2) is 13.0 Å². The second-order valence-corrected chi connectivity index (χ2v) is 6.78. The lowest BCUT2D eigenvalue weighted by Gasteiger charge is -2.22. The molecular formula is C15H20ClNO. The highest BCUT2D eigenvalue weighted by Gasteiger charge is 2.25. The molecule has 18 heavy (non-hydrogen) atoms. The van der Waals surface area contributed by atoms with Crippen LogP contribution in [0.4, 0.5) is 5.69 Å². The molecule has 3 heteroatoms. The van der Waals surface area contributed by atoms with Gasteiger partial charge in [0.25, 0.3) is 0 Å². The molecule has 0 aliphatic carbocycles. The van der Waals surface area contributed by atoms with Gasteiger partial charge in [-0.15, -0.1) is 11.6 Å². The third-order valence-electron chi connectivity index (χ3n) is 3.33. The van der Waals surface area contributed by atoms with Crippen LogP contribution in [0.1, 0.15) is 43.7 Å². The van der Waals surface area contributed by atoms with Crippen LogP contribution >= 0.6 is 11.6 Å². The molecule has 1 aliphatic heterocycles. The Morgan fingerprint density at radius 2 is 2.06 bits per heavy atom. The summed E-state index contributed by atoms with van der Waals surface area (Å²) in [7, 11) is 1.82. The highest BCUT2D eigenvalue weighted by molar-refractivity contribution is 6.20. The average molecular weight is 266 g/mol. The predicted molar refractivity (Wildman–Crippen MR) is 76.2 cm³/mol. The number of hydrogen-bond donors (Lipinski definition) is 0. The molecule has 0 saturated carbocycles. The van der Waals surface area contributed by atoms with E-state index in [2.05, 4.69) is 26.8 Å². The summed E-state index contributed by atoms with van der Waals surface area (Å²) in [4.78, 5) is 13.3. The molecule has 1 amide bonds.